The minimum Gasteiger partial charge on any atom is -0.393 e. The average molecular weight is 555 g/mol. The van der Waals surface area contributed by atoms with Gasteiger partial charge in [-0.2, -0.15) is 0 Å². The zero-order chi connectivity index (χ0) is 28.8. The summed E-state index contributed by atoms with van der Waals surface area (Å²) in [6.07, 6.45) is 10.7. The second kappa shape index (κ2) is 10.7. The van der Waals surface area contributed by atoms with Gasteiger partial charge in [0.1, 0.15) is 0 Å². The highest BCUT2D eigenvalue weighted by Gasteiger charge is 2.62. The van der Waals surface area contributed by atoms with Crippen molar-refractivity contribution < 1.29 is 15.0 Å². The van der Waals surface area contributed by atoms with Crippen molar-refractivity contribution in [1.29, 1.82) is 0 Å². The fraction of sp³-hybridized carbons (Fsp3) is 0.528. The number of nitrogens with one attached hydrogen (secondary N) is 1. The Kier molecular flexibility index (Phi) is 7.40. The van der Waals surface area contributed by atoms with Crippen LogP contribution in [-0.2, 0) is 6.54 Å². The molecule has 218 valence electrons. The molecule has 5 nitrogen and oxygen atoms in total. The third kappa shape index (κ3) is 4.95. The van der Waals surface area contributed by atoms with Crippen LogP contribution in [0.3, 0.4) is 0 Å². The molecular weight excluding hydrogens is 508 g/mol. The van der Waals surface area contributed by atoms with Gasteiger partial charge in [-0.15, -0.1) is 0 Å². The summed E-state index contributed by atoms with van der Waals surface area (Å²) in [5.41, 5.74) is 3.85. The number of nitrogens with zero attached hydrogens (tertiary/aromatic N) is 1. The molecule has 0 aromatic heterocycles. The summed E-state index contributed by atoms with van der Waals surface area (Å²) in [5.74, 6) is 0.781. The molecule has 0 spiro atoms. The molecule has 3 N–H and O–H groups in total. The van der Waals surface area contributed by atoms with Gasteiger partial charge < -0.3 is 20.4 Å². The SMILES string of the molecule is CC(NC(=O)N(Cc1ccccc1)CC1(O)CCC2C3=CC=C4CC(O)CCC4(C)C3CCC21C)c1ccccc1. The van der Waals surface area contributed by atoms with Gasteiger partial charge in [-0.05, 0) is 80.2 Å². The number of aliphatic hydroxyl groups is 2. The molecule has 4 aliphatic rings. The molecule has 2 aromatic carbocycles. The van der Waals surface area contributed by atoms with Crippen molar-refractivity contribution in [2.24, 2.45) is 22.7 Å². The first-order valence-electron chi connectivity index (χ1n) is 15.6. The Hall–Kier alpha value is -2.89. The molecule has 2 aromatic rings. The third-order valence-corrected chi connectivity index (χ3v) is 11.5. The summed E-state index contributed by atoms with van der Waals surface area (Å²) in [4.78, 5) is 15.7. The summed E-state index contributed by atoms with van der Waals surface area (Å²) in [5, 5.41) is 26.1. The lowest BCUT2D eigenvalue weighted by Gasteiger charge is -2.56. The molecule has 41 heavy (non-hydrogen) atoms. The van der Waals surface area contributed by atoms with E-state index in [4.69, 9.17) is 0 Å². The van der Waals surface area contributed by atoms with Gasteiger partial charge in [0, 0.05) is 12.0 Å². The van der Waals surface area contributed by atoms with Crippen LogP contribution < -0.4 is 5.32 Å². The second-order valence-corrected chi connectivity index (χ2v) is 13.7. The third-order valence-electron chi connectivity index (χ3n) is 11.5. The number of hydrogen-bond acceptors (Lipinski definition) is 3. The summed E-state index contributed by atoms with van der Waals surface area (Å²) in [6.45, 7) is 7.46. The van der Waals surface area contributed by atoms with Crippen molar-refractivity contribution in [2.45, 2.75) is 90.0 Å². The van der Waals surface area contributed by atoms with Gasteiger partial charge in [0.15, 0.2) is 0 Å². The van der Waals surface area contributed by atoms with Crippen molar-refractivity contribution in [3.8, 4) is 0 Å². The summed E-state index contributed by atoms with van der Waals surface area (Å²) >= 11 is 0. The van der Waals surface area contributed by atoms with Crippen molar-refractivity contribution in [1.82, 2.24) is 10.2 Å². The standard InChI is InChI=1S/C36H46N2O3/c1-25(27-12-8-5-9-13-27)37-33(40)38(23-26-10-6-4-7-11-26)24-36(41)21-18-32-30-15-14-28-22-29(39)16-19-34(28,2)31(30)17-20-35(32,36)3/h4-15,25,29,31-32,39,41H,16-24H2,1-3H3,(H,37,40). The Labute approximate surface area is 245 Å². The summed E-state index contributed by atoms with van der Waals surface area (Å²) in [7, 11) is 0. The van der Waals surface area contributed by atoms with Gasteiger partial charge >= 0.3 is 6.03 Å². The van der Waals surface area contributed by atoms with E-state index >= 15 is 0 Å². The number of fused-ring (bicyclic) bond motifs is 5. The van der Waals surface area contributed by atoms with Gasteiger partial charge in [-0.1, -0.05) is 97.8 Å². The van der Waals surface area contributed by atoms with E-state index in [1.165, 1.54) is 11.1 Å². The van der Waals surface area contributed by atoms with Crippen molar-refractivity contribution in [3.05, 3.63) is 95.1 Å². The molecule has 0 bridgehead atoms. The number of allylic oxidation sites excluding steroid dienone is 3. The predicted molar refractivity (Wildman–Crippen MR) is 163 cm³/mol. The van der Waals surface area contributed by atoms with Crippen LogP contribution in [-0.4, -0.2) is 39.4 Å². The predicted octanol–water partition coefficient (Wildman–Crippen LogP) is 6.93. The number of amides is 2. The van der Waals surface area contributed by atoms with Crippen LogP contribution in [0.2, 0.25) is 0 Å². The smallest absolute Gasteiger partial charge is 0.318 e. The van der Waals surface area contributed by atoms with Crippen LogP contribution in [0.4, 0.5) is 4.79 Å². The molecule has 5 heteroatoms. The van der Waals surface area contributed by atoms with Gasteiger partial charge in [0.25, 0.3) is 0 Å². The average Bonchev–Trinajstić information content (AvgIpc) is 3.24. The molecule has 0 heterocycles. The van der Waals surface area contributed by atoms with E-state index in [0.29, 0.717) is 31.3 Å². The van der Waals surface area contributed by atoms with Crippen LogP contribution in [0, 0.1) is 22.7 Å². The van der Waals surface area contributed by atoms with Gasteiger partial charge in [-0.3, -0.25) is 0 Å². The lowest BCUT2D eigenvalue weighted by Crippen LogP contribution is -2.57. The van der Waals surface area contributed by atoms with Crippen molar-refractivity contribution >= 4 is 6.03 Å². The number of carbonyl (C=O) groups excluding carboxylic acids is 1. The fourth-order valence-corrected chi connectivity index (χ4v) is 8.78. The highest BCUT2D eigenvalue weighted by atomic mass is 16.3. The monoisotopic (exact) mass is 554 g/mol. The molecule has 6 rings (SSSR count). The highest BCUT2D eigenvalue weighted by Crippen LogP contribution is 2.66. The number of aliphatic hydroxyl groups excluding tert-OH is 1. The Morgan fingerprint density at radius 1 is 0.951 bits per heavy atom. The fourth-order valence-electron chi connectivity index (χ4n) is 8.78. The first kappa shape index (κ1) is 28.2. The molecule has 0 aliphatic heterocycles. The van der Waals surface area contributed by atoms with Crippen molar-refractivity contribution in [3.63, 3.8) is 0 Å². The molecule has 4 aliphatic carbocycles. The molecule has 3 fully saturated rings. The summed E-state index contributed by atoms with van der Waals surface area (Å²) in [6, 6.07) is 19.9. The van der Waals surface area contributed by atoms with Crippen LogP contribution in [0.15, 0.2) is 84.0 Å². The molecule has 0 radical (unpaired) electrons. The molecule has 2 amide bonds. The number of benzene rings is 2. The Balaban J connectivity index is 1.26. The maximum absolute atomic E-state index is 13.8. The van der Waals surface area contributed by atoms with Gasteiger partial charge in [0.05, 0.1) is 24.3 Å². The Morgan fingerprint density at radius 3 is 2.37 bits per heavy atom. The van der Waals surface area contributed by atoms with E-state index in [9.17, 15) is 15.0 Å². The van der Waals surface area contributed by atoms with Crippen molar-refractivity contribution in [2.75, 3.05) is 6.54 Å². The maximum Gasteiger partial charge on any atom is 0.318 e. The van der Waals surface area contributed by atoms with E-state index in [1.54, 1.807) is 0 Å². The number of hydrogen-bond donors (Lipinski definition) is 3. The first-order valence-corrected chi connectivity index (χ1v) is 15.6. The number of urea groups is 1. The van der Waals surface area contributed by atoms with Crippen LogP contribution in [0.1, 0.15) is 82.9 Å². The number of rotatable bonds is 6. The first-order chi connectivity index (χ1) is 19.6. The highest BCUT2D eigenvalue weighted by molar-refractivity contribution is 5.75. The molecule has 7 atom stereocenters. The minimum absolute atomic E-state index is 0.109. The zero-order valence-corrected chi connectivity index (χ0v) is 24.9. The van der Waals surface area contributed by atoms with Gasteiger partial charge in [-0.25, -0.2) is 4.79 Å². The Morgan fingerprint density at radius 2 is 1.63 bits per heavy atom. The summed E-state index contributed by atoms with van der Waals surface area (Å²) < 4.78 is 0. The van der Waals surface area contributed by atoms with E-state index in [0.717, 1.165) is 49.7 Å². The largest absolute Gasteiger partial charge is 0.393 e. The van der Waals surface area contributed by atoms with E-state index in [1.807, 2.05) is 72.5 Å². The zero-order valence-electron chi connectivity index (χ0n) is 24.9. The minimum atomic E-state index is -0.973. The van der Waals surface area contributed by atoms with Crippen LogP contribution in [0.5, 0.6) is 0 Å². The van der Waals surface area contributed by atoms with Gasteiger partial charge in [0.2, 0.25) is 0 Å². The molecule has 0 saturated heterocycles. The maximum atomic E-state index is 13.8. The quantitative estimate of drug-likeness (QED) is 0.362. The molecule has 3 saturated carbocycles. The number of carbonyl (C=O) groups is 1. The van der Waals surface area contributed by atoms with Crippen LogP contribution in [0.25, 0.3) is 0 Å². The normalized spacial score (nSPS) is 34.8. The molecular formula is C36H46N2O3. The van der Waals surface area contributed by atoms with E-state index in [2.05, 4.69) is 31.3 Å². The lowest BCUT2D eigenvalue weighted by atomic mass is 9.50. The lowest BCUT2D eigenvalue weighted by molar-refractivity contribution is -0.0973. The Bertz CT molecular complexity index is 1320. The topological polar surface area (TPSA) is 72.8 Å². The molecule has 7 unspecified atom stereocenters. The van der Waals surface area contributed by atoms with Crippen LogP contribution >= 0.6 is 0 Å². The van der Waals surface area contributed by atoms with E-state index in [-0.39, 0.29) is 29.0 Å². The second-order valence-electron chi connectivity index (χ2n) is 13.7. The van der Waals surface area contributed by atoms with E-state index < -0.39 is 5.60 Å².